The van der Waals surface area contributed by atoms with E-state index in [1.807, 2.05) is 24.4 Å². The molecule has 32 heavy (non-hydrogen) atoms. The second-order valence-corrected chi connectivity index (χ2v) is 8.96. The molecule has 1 aromatic heterocycles. The van der Waals surface area contributed by atoms with E-state index in [1.165, 1.54) is 53.1 Å². The Morgan fingerprint density at radius 3 is 2.56 bits per heavy atom. The van der Waals surface area contributed by atoms with Gasteiger partial charge in [-0.2, -0.15) is 0 Å². The van der Waals surface area contributed by atoms with E-state index in [4.69, 9.17) is 4.98 Å². The lowest BCUT2D eigenvalue weighted by Crippen LogP contribution is -2.32. The molecular weight excluding hydrogens is 394 g/mol. The monoisotopic (exact) mass is 423 g/mol. The molecule has 2 aromatic carbocycles. The number of amides is 1. The van der Waals surface area contributed by atoms with Gasteiger partial charge in [0.05, 0.1) is 5.69 Å². The fraction of sp³-hybridized carbons (Fsp3) is 0.286. The van der Waals surface area contributed by atoms with Crippen molar-refractivity contribution in [2.45, 2.75) is 38.6 Å². The lowest BCUT2D eigenvalue weighted by Gasteiger charge is -2.33. The van der Waals surface area contributed by atoms with Crippen LogP contribution in [-0.2, 0) is 17.8 Å². The molecule has 2 aliphatic heterocycles. The molecule has 3 aromatic rings. The molecule has 162 valence electrons. The lowest BCUT2D eigenvalue weighted by atomic mass is 9.81. The first-order chi connectivity index (χ1) is 15.6. The Hall–Kier alpha value is -3.24. The molecule has 4 heteroatoms. The smallest absolute Gasteiger partial charge is 0.221 e. The Balaban J connectivity index is 1.29. The number of carbonyl (C=O) groups excluding carboxylic acids is 1. The topological polar surface area (TPSA) is 45.2 Å². The number of piperidine rings is 1. The quantitative estimate of drug-likeness (QED) is 0.452. The number of pyridine rings is 1. The van der Waals surface area contributed by atoms with Gasteiger partial charge >= 0.3 is 0 Å². The van der Waals surface area contributed by atoms with Crippen LogP contribution in [0.15, 0.2) is 61.3 Å². The maximum atomic E-state index is 11.2. The van der Waals surface area contributed by atoms with E-state index < -0.39 is 0 Å². The van der Waals surface area contributed by atoms with E-state index in [-0.39, 0.29) is 5.91 Å². The zero-order chi connectivity index (χ0) is 22.1. The third kappa shape index (κ3) is 4.11. The molecule has 2 bridgehead atoms. The summed E-state index contributed by atoms with van der Waals surface area (Å²) in [6, 6.07) is 17.1. The fourth-order valence-electron chi connectivity index (χ4n) is 5.17. The summed E-state index contributed by atoms with van der Waals surface area (Å²) in [5, 5.41) is 2.83. The molecule has 1 amide bonds. The van der Waals surface area contributed by atoms with Crippen molar-refractivity contribution in [1.29, 1.82) is 0 Å². The number of likely N-dealkylation sites (tertiary alicyclic amines) is 1. The van der Waals surface area contributed by atoms with Gasteiger partial charge in [0, 0.05) is 30.9 Å². The van der Waals surface area contributed by atoms with E-state index >= 15 is 0 Å². The maximum absolute atomic E-state index is 11.2. The highest BCUT2D eigenvalue weighted by atomic mass is 16.1. The third-order valence-electron chi connectivity index (χ3n) is 6.77. The Labute approximate surface area is 190 Å². The van der Waals surface area contributed by atoms with Crippen molar-refractivity contribution in [3.8, 4) is 11.3 Å². The number of nitrogens with one attached hydrogen (secondary N) is 1. The summed E-state index contributed by atoms with van der Waals surface area (Å²) in [6.07, 6.45) is 7.27. The Kier molecular flexibility index (Phi) is 5.62. The van der Waals surface area contributed by atoms with Gasteiger partial charge in [-0.1, -0.05) is 43.0 Å². The van der Waals surface area contributed by atoms with Gasteiger partial charge in [-0.3, -0.25) is 14.7 Å². The first-order valence-electron chi connectivity index (χ1n) is 11.4. The van der Waals surface area contributed by atoms with Gasteiger partial charge in [-0.25, -0.2) is 0 Å². The van der Waals surface area contributed by atoms with E-state index in [1.54, 1.807) is 0 Å². The van der Waals surface area contributed by atoms with Crippen LogP contribution in [-0.4, -0.2) is 28.9 Å². The molecule has 3 heterocycles. The molecule has 1 saturated heterocycles. The summed E-state index contributed by atoms with van der Waals surface area (Å²) in [5.41, 5.74) is 9.90. The van der Waals surface area contributed by atoms with Crippen molar-refractivity contribution in [3.05, 3.63) is 89.1 Å². The van der Waals surface area contributed by atoms with E-state index in [0.29, 0.717) is 5.92 Å². The van der Waals surface area contributed by atoms with Crippen LogP contribution < -0.4 is 5.32 Å². The van der Waals surface area contributed by atoms with Gasteiger partial charge in [0.1, 0.15) is 0 Å². The van der Waals surface area contributed by atoms with Gasteiger partial charge < -0.3 is 5.32 Å². The highest BCUT2D eigenvalue weighted by Gasteiger charge is 2.26. The molecule has 1 fully saturated rings. The van der Waals surface area contributed by atoms with Crippen LogP contribution in [0.25, 0.3) is 17.3 Å². The van der Waals surface area contributed by atoms with Crippen LogP contribution in [0.3, 0.4) is 0 Å². The normalized spacial score (nSPS) is 15.8. The molecule has 6 rings (SSSR count). The molecule has 0 saturated carbocycles. The average Bonchev–Trinajstić information content (AvgIpc) is 3.10. The first-order valence-corrected chi connectivity index (χ1v) is 11.4. The summed E-state index contributed by atoms with van der Waals surface area (Å²) in [7, 11) is 0. The summed E-state index contributed by atoms with van der Waals surface area (Å²) in [5.74, 6) is 0.547. The Morgan fingerprint density at radius 2 is 1.91 bits per heavy atom. The van der Waals surface area contributed by atoms with Crippen molar-refractivity contribution < 1.29 is 4.79 Å². The third-order valence-corrected chi connectivity index (χ3v) is 6.77. The summed E-state index contributed by atoms with van der Waals surface area (Å²) >= 11 is 0. The zero-order valence-electron chi connectivity index (χ0n) is 18.6. The van der Waals surface area contributed by atoms with Crippen LogP contribution in [0.5, 0.6) is 0 Å². The number of nitrogens with zero attached hydrogens (tertiary/aromatic N) is 2. The SMILES string of the molecule is C=Cc1ccc(C2CCN(Cc3ccc(NC(C)=O)cc3)CC2)c2c1-c1ccc(cn1)C2. The Morgan fingerprint density at radius 1 is 1.12 bits per heavy atom. The molecule has 0 atom stereocenters. The van der Waals surface area contributed by atoms with Crippen molar-refractivity contribution in [2.24, 2.45) is 0 Å². The minimum Gasteiger partial charge on any atom is -0.326 e. The van der Waals surface area contributed by atoms with E-state index in [0.717, 1.165) is 37.4 Å². The largest absolute Gasteiger partial charge is 0.326 e. The summed E-state index contributed by atoms with van der Waals surface area (Å²) < 4.78 is 0. The highest BCUT2D eigenvalue weighted by Crippen LogP contribution is 2.40. The number of anilines is 1. The second-order valence-electron chi connectivity index (χ2n) is 8.96. The standard InChI is InChI=1S/C28H29N3O/c1-3-22-7-10-25(26-16-21-6-11-27(28(22)26)29-17-21)23-12-14-31(15-13-23)18-20-4-8-24(9-5-20)30-19(2)32/h3-11,17,23H,1,12-16,18H2,2H3,(H,30,32). The highest BCUT2D eigenvalue weighted by molar-refractivity contribution is 5.88. The lowest BCUT2D eigenvalue weighted by molar-refractivity contribution is -0.114. The van der Waals surface area contributed by atoms with E-state index in [2.05, 4.69) is 53.2 Å². The number of benzene rings is 2. The van der Waals surface area contributed by atoms with Crippen LogP contribution in [0.1, 0.15) is 53.5 Å². The number of hydrogen-bond donors (Lipinski definition) is 1. The number of hydrogen-bond acceptors (Lipinski definition) is 3. The van der Waals surface area contributed by atoms with Crippen molar-refractivity contribution >= 4 is 17.7 Å². The second kappa shape index (κ2) is 8.71. The number of carbonyl (C=O) groups is 1. The summed E-state index contributed by atoms with van der Waals surface area (Å²) in [6.45, 7) is 8.72. The van der Waals surface area contributed by atoms with Gasteiger partial charge in [-0.05, 0) is 84.3 Å². The average molecular weight is 424 g/mol. The van der Waals surface area contributed by atoms with Crippen LogP contribution >= 0.6 is 0 Å². The van der Waals surface area contributed by atoms with Crippen LogP contribution in [0, 0.1) is 0 Å². The molecule has 0 unspecified atom stereocenters. The molecule has 1 N–H and O–H groups in total. The summed E-state index contributed by atoms with van der Waals surface area (Å²) in [4.78, 5) is 18.4. The van der Waals surface area contributed by atoms with Crippen molar-refractivity contribution in [3.63, 3.8) is 0 Å². The predicted molar refractivity (Wildman–Crippen MR) is 131 cm³/mol. The molecule has 0 radical (unpaired) electrons. The van der Waals surface area contributed by atoms with Crippen molar-refractivity contribution in [2.75, 3.05) is 18.4 Å². The van der Waals surface area contributed by atoms with Gasteiger partial charge in [-0.15, -0.1) is 0 Å². The van der Waals surface area contributed by atoms with Gasteiger partial charge in [0.2, 0.25) is 5.91 Å². The van der Waals surface area contributed by atoms with E-state index in [9.17, 15) is 4.79 Å². The van der Waals surface area contributed by atoms with Gasteiger partial charge in [0.25, 0.3) is 0 Å². The molecule has 3 aliphatic rings. The fourth-order valence-corrected chi connectivity index (χ4v) is 5.17. The number of rotatable bonds is 5. The molecule has 0 spiro atoms. The zero-order valence-corrected chi connectivity index (χ0v) is 18.6. The number of aromatic nitrogens is 1. The van der Waals surface area contributed by atoms with Crippen LogP contribution in [0.4, 0.5) is 5.69 Å². The Bertz CT molecular complexity index is 1140. The maximum Gasteiger partial charge on any atom is 0.221 e. The predicted octanol–water partition coefficient (Wildman–Crippen LogP) is 5.63. The van der Waals surface area contributed by atoms with Crippen molar-refractivity contribution in [1.82, 2.24) is 9.88 Å². The first kappa shape index (κ1) is 20.7. The molecule has 1 aliphatic carbocycles. The molecular formula is C28H29N3O. The number of fused-ring (bicyclic) bond motifs is 2. The molecule has 4 nitrogen and oxygen atoms in total. The van der Waals surface area contributed by atoms with Crippen LogP contribution in [0.2, 0.25) is 0 Å². The minimum absolute atomic E-state index is 0.0361. The van der Waals surface area contributed by atoms with Gasteiger partial charge in [0.15, 0.2) is 0 Å². The minimum atomic E-state index is -0.0361.